The van der Waals surface area contributed by atoms with Gasteiger partial charge in [0.25, 0.3) is 0 Å². The van der Waals surface area contributed by atoms with Gasteiger partial charge in [0, 0.05) is 0 Å². The van der Waals surface area contributed by atoms with Crippen LogP contribution in [-0.4, -0.2) is 15.6 Å². The van der Waals surface area contributed by atoms with Crippen LogP contribution in [0.1, 0.15) is 17.3 Å². The summed E-state index contributed by atoms with van der Waals surface area (Å²) >= 11 is 0. The number of benzene rings is 1. The molecular weight excluding hydrogens is 190 g/mol. The van der Waals surface area contributed by atoms with E-state index < -0.39 is 0 Å². The highest BCUT2D eigenvalue weighted by Gasteiger charge is 2.11. The summed E-state index contributed by atoms with van der Waals surface area (Å²) in [5.41, 5.74) is 7.12. The van der Waals surface area contributed by atoms with Crippen LogP contribution in [0.3, 0.4) is 0 Å². The van der Waals surface area contributed by atoms with E-state index in [2.05, 4.69) is 5.10 Å². The van der Waals surface area contributed by atoms with E-state index >= 15 is 0 Å². The molecule has 0 spiro atoms. The van der Waals surface area contributed by atoms with Crippen LogP contribution in [0.15, 0.2) is 36.5 Å². The van der Waals surface area contributed by atoms with Crippen molar-refractivity contribution in [1.29, 1.82) is 0 Å². The molecule has 0 bridgehead atoms. The highest BCUT2D eigenvalue weighted by molar-refractivity contribution is 5.98. The van der Waals surface area contributed by atoms with Crippen LogP contribution >= 0.6 is 0 Å². The Morgan fingerprint density at radius 3 is 2.53 bits per heavy atom. The second-order valence-corrected chi connectivity index (χ2v) is 3.25. The Morgan fingerprint density at radius 1 is 1.33 bits per heavy atom. The molecule has 2 rings (SSSR count). The Morgan fingerprint density at radius 2 is 2.00 bits per heavy atom. The fourth-order valence-electron chi connectivity index (χ4n) is 1.40. The molecule has 0 saturated heterocycles. The summed E-state index contributed by atoms with van der Waals surface area (Å²) in [5, 5.41) is 4.08. The van der Waals surface area contributed by atoms with Gasteiger partial charge >= 0.3 is 0 Å². The zero-order chi connectivity index (χ0) is 10.8. The first kappa shape index (κ1) is 9.45. The number of nitrogen functional groups attached to an aromatic ring is 1. The topological polar surface area (TPSA) is 60.9 Å². The lowest BCUT2D eigenvalue weighted by molar-refractivity contribution is 0.101. The minimum absolute atomic E-state index is 0.0744. The largest absolute Gasteiger partial charge is 0.383 e. The molecule has 4 nitrogen and oxygen atoms in total. The zero-order valence-electron chi connectivity index (χ0n) is 8.34. The third-order valence-electron chi connectivity index (χ3n) is 2.19. The zero-order valence-corrected chi connectivity index (χ0v) is 8.34. The van der Waals surface area contributed by atoms with E-state index in [4.69, 9.17) is 5.73 Å². The number of carbonyl (C=O) groups excluding carboxylic acids is 1. The van der Waals surface area contributed by atoms with Crippen molar-refractivity contribution in [2.45, 2.75) is 6.92 Å². The lowest BCUT2D eigenvalue weighted by atomic mass is 10.2. The number of Topliss-reactive ketones (excluding diaryl/α,β-unsaturated/α-hetero) is 1. The number of anilines is 1. The van der Waals surface area contributed by atoms with Gasteiger partial charge in [-0.15, -0.1) is 0 Å². The summed E-state index contributed by atoms with van der Waals surface area (Å²) in [4.78, 5) is 11.2. The third kappa shape index (κ3) is 1.61. The molecule has 0 aliphatic rings. The monoisotopic (exact) mass is 201 g/mol. The normalized spacial score (nSPS) is 10.2. The van der Waals surface area contributed by atoms with E-state index in [9.17, 15) is 4.79 Å². The van der Waals surface area contributed by atoms with E-state index in [-0.39, 0.29) is 5.78 Å². The second-order valence-electron chi connectivity index (χ2n) is 3.25. The lowest BCUT2D eigenvalue weighted by Crippen LogP contribution is -2.04. The smallest absolute Gasteiger partial charge is 0.165 e. The van der Waals surface area contributed by atoms with Crippen molar-refractivity contribution < 1.29 is 4.79 Å². The molecule has 76 valence electrons. The van der Waals surface area contributed by atoms with Gasteiger partial charge in [-0.2, -0.15) is 5.10 Å². The maximum absolute atomic E-state index is 11.2. The van der Waals surface area contributed by atoms with E-state index in [1.165, 1.54) is 13.1 Å². The van der Waals surface area contributed by atoms with Crippen molar-refractivity contribution in [1.82, 2.24) is 9.78 Å². The number of rotatable bonds is 2. The molecule has 15 heavy (non-hydrogen) atoms. The number of nitrogens with two attached hydrogens (primary N) is 1. The van der Waals surface area contributed by atoms with Crippen LogP contribution in [0.2, 0.25) is 0 Å². The molecule has 0 atom stereocenters. The van der Waals surface area contributed by atoms with Crippen molar-refractivity contribution in [2.24, 2.45) is 0 Å². The van der Waals surface area contributed by atoms with E-state index in [0.717, 1.165) is 5.69 Å². The van der Waals surface area contributed by atoms with Crippen molar-refractivity contribution in [3.63, 3.8) is 0 Å². The average Bonchev–Trinajstić information content (AvgIpc) is 2.61. The number of hydrogen-bond donors (Lipinski definition) is 1. The van der Waals surface area contributed by atoms with Crippen LogP contribution in [0.5, 0.6) is 0 Å². The van der Waals surface area contributed by atoms with Crippen LogP contribution in [0, 0.1) is 0 Å². The third-order valence-corrected chi connectivity index (χ3v) is 2.19. The molecule has 1 aromatic heterocycles. The maximum atomic E-state index is 11.2. The van der Waals surface area contributed by atoms with Gasteiger partial charge in [-0.05, 0) is 19.1 Å². The molecular formula is C11H11N3O. The average molecular weight is 201 g/mol. The van der Waals surface area contributed by atoms with Gasteiger partial charge < -0.3 is 5.73 Å². The Hall–Kier alpha value is -2.10. The Balaban J connectivity index is 2.52. The first-order chi connectivity index (χ1) is 7.20. The fourth-order valence-corrected chi connectivity index (χ4v) is 1.40. The van der Waals surface area contributed by atoms with E-state index in [1.807, 2.05) is 30.3 Å². The fraction of sp³-hybridized carbons (Fsp3) is 0.0909. The highest BCUT2D eigenvalue weighted by Crippen LogP contribution is 2.16. The van der Waals surface area contributed by atoms with Gasteiger partial charge in [-0.1, -0.05) is 18.2 Å². The minimum Gasteiger partial charge on any atom is -0.383 e. The molecule has 0 radical (unpaired) electrons. The van der Waals surface area contributed by atoms with Gasteiger partial charge in [-0.25, -0.2) is 4.68 Å². The molecule has 4 heteroatoms. The summed E-state index contributed by atoms with van der Waals surface area (Å²) in [6, 6.07) is 9.46. The SMILES string of the molecule is CC(=O)c1cnn(-c2ccccc2)c1N. The minimum atomic E-state index is -0.0744. The number of hydrogen-bond acceptors (Lipinski definition) is 3. The van der Waals surface area contributed by atoms with Gasteiger partial charge in [0.05, 0.1) is 17.4 Å². The second kappa shape index (κ2) is 3.57. The predicted molar refractivity (Wildman–Crippen MR) is 58.0 cm³/mol. The molecule has 0 saturated carbocycles. The predicted octanol–water partition coefficient (Wildman–Crippen LogP) is 1.66. The van der Waals surface area contributed by atoms with Crippen molar-refractivity contribution in [3.05, 3.63) is 42.1 Å². The summed E-state index contributed by atoms with van der Waals surface area (Å²) < 4.78 is 1.55. The quantitative estimate of drug-likeness (QED) is 0.751. The summed E-state index contributed by atoms with van der Waals surface area (Å²) in [5.74, 6) is 0.309. The summed E-state index contributed by atoms with van der Waals surface area (Å²) in [7, 11) is 0. The standard InChI is InChI=1S/C11H11N3O/c1-8(15)10-7-13-14(11(10)12)9-5-3-2-4-6-9/h2-7H,12H2,1H3. The highest BCUT2D eigenvalue weighted by atomic mass is 16.1. The first-order valence-electron chi connectivity index (χ1n) is 4.60. The Bertz CT molecular complexity index is 488. The Kier molecular flexibility index (Phi) is 2.25. The van der Waals surface area contributed by atoms with Crippen molar-refractivity contribution in [3.8, 4) is 5.69 Å². The molecule has 1 aromatic carbocycles. The maximum Gasteiger partial charge on any atom is 0.165 e. The van der Waals surface area contributed by atoms with E-state index in [0.29, 0.717) is 11.4 Å². The molecule has 0 fully saturated rings. The number of para-hydroxylation sites is 1. The van der Waals surface area contributed by atoms with Crippen LogP contribution in [0.4, 0.5) is 5.82 Å². The molecule has 0 amide bonds. The number of nitrogens with zero attached hydrogens (tertiary/aromatic N) is 2. The molecule has 2 aromatic rings. The number of ketones is 1. The van der Waals surface area contributed by atoms with Crippen LogP contribution in [-0.2, 0) is 0 Å². The molecule has 0 aliphatic carbocycles. The van der Waals surface area contributed by atoms with Crippen LogP contribution < -0.4 is 5.73 Å². The van der Waals surface area contributed by atoms with Crippen molar-refractivity contribution >= 4 is 11.6 Å². The van der Waals surface area contributed by atoms with E-state index in [1.54, 1.807) is 4.68 Å². The molecule has 0 unspecified atom stereocenters. The lowest BCUT2D eigenvalue weighted by Gasteiger charge is -2.03. The number of carbonyl (C=O) groups is 1. The Labute approximate surface area is 87.3 Å². The molecule has 0 aliphatic heterocycles. The van der Waals surface area contributed by atoms with Gasteiger partial charge in [0.2, 0.25) is 0 Å². The molecule has 1 heterocycles. The van der Waals surface area contributed by atoms with Crippen LogP contribution in [0.25, 0.3) is 5.69 Å². The first-order valence-corrected chi connectivity index (χ1v) is 4.60. The van der Waals surface area contributed by atoms with Gasteiger partial charge in [-0.3, -0.25) is 4.79 Å². The van der Waals surface area contributed by atoms with Crippen molar-refractivity contribution in [2.75, 3.05) is 5.73 Å². The summed E-state index contributed by atoms with van der Waals surface area (Å²) in [6.07, 6.45) is 1.49. The van der Waals surface area contributed by atoms with Gasteiger partial charge in [0.15, 0.2) is 5.78 Å². The summed E-state index contributed by atoms with van der Waals surface area (Å²) in [6.45, 7) is 1.47. The molecule has 2 N–H and O–H groups in total. The number of aromatic nitrogens is 2. The van der Waals surface area contributed by atoms with Gasteiger partial charge in [0.1, 0.15) is 5.82 Å².